The van der Waals surface area contributed by atoms with Crippen LogP contribution in [0.2, 0.25) is 0 Å². The van der Waals surface area contributed by atoms with E-state index in [0.717, 1.165) is 43.0 Å². The number of hydrogen-bond acceptors (Lipinski definition) is 5. The summed E-state index contributed by atoms with van der Waals surface area (Å²) in [5.74, 6) is 1.48. The van der Waals surface area contributed by atoms with Gasteiger partial charge in [0, 0.05) is 19.3 Å². The van der Waals surface area contributed by atoms with Crippen molar-refractivity contribution in [2.75, 3.05) is 19.7 Å². The molecule has 0 unspecified atom stereocenters. The number of piperidine rings is 1. The van der Waals surface area contributed by atoms with Gasteiger partial charge in [-0.15, -0.1) is 11.3 Å². The van der Waals surface area contributed by atoms with Gasteiger partial charge < -0.3 is 14.4 Å². The Morgan fingerprint density at radius 2 is 1.77 bits per heavy atom. The maximum absolute atomic E-state index is 12.2. The largest absolute Gasteiger partial charge is 0.494 e. The van der Waals surface area contributed by atoms with Crippen molar-refractivity contribution in [1.82, 2.24) is 9.88 Å². The van der Waals surface area contributed by atoms with E-state index < -0.39 is 0 Å². The highest BCUT2D eigenvalue weighted by atomic mass is 32.1. The monoisotopic (exact) mass is 422 g/mol. The third kappa shape index (κ3) is 5.60. The van der Waals surface area contributed by atoms with Gasteiger partial charge in [-0.3, -0.25) is 4.98 Å². The first-order valence-corrected chi connectivity index (χ1v) is 11.2. The average molecular weight is 423 g/mol. The van der Waals surface area contributed by atoms with Crippen molar-refractivity contribution in [3.05, 3.63) is 71.2 Å². The summed E-state index contributed by atoms with van der Waals surface area (Å²) in [5.41, 5.74) is 4.15. The van der Waals surface area contributed by atoms with Gasteiger partial charge in [-0.2, -0.15) is 0 Å². The number of thiazole rings is 1. The van der Waals surface area contributed by atoms with Gasteiger partial charge in [-0.25, -0.2) is 4.79 Å². The molecule has 5 nitrogen and oxygen atoms in total. The van der Waals surface area contributed by atoms with Gasteiger partial charge >= 0.3 is 6.09 Å². The molecular weight excluding hydrogens is 396 g/mol. The molecule has 1 fully saturated rings. The fourth-order valence-electron chi connectivity index (χ4n) is 3.66. The quantitative estimate of drug-likeness (QED) is 0.495. The molecule has 1 aliphatic rings. The summed E-state index contributed by atoms with van der Waals surface area (Å²) in [4.78, 5) is 19.0. The van der Waals surface area contributed by atoms with Gasteiger partial charge in [-0.05, 0) is 48.4 Å². The molecule has 3 aromatic rings. The van der Waals surface area contributed by atoms with E-state index in [1.54, 1.807) is 16.6 Å². The highest BCUT2D eigenvalue weighted by molar-refractivity contribution is 7.09. The van der Waals surface area contributed by atoms with E-state index in [2.05, 4.69) is 29.2 Å². The summed E-state index contributed by atoms with van der Waals surface area (Å²) >= 11 is 1.50. The number of rotatable bonds is 7. The van der Waals surface area contributed by atoms with Crippen molar-refractivity contribution in [3.8, 4) is 16.9 Å². The minimum absolute atomic E-state index is 0.225. The number of carbonyl (C=O) groups is 1. The zero-order valence-corrected chi connectivity index (χ0v) is 17.7. The number of carbonyl (C=O) groups excluding carboxylic acids is 1. The molecule has 1 aliphatic heterocycles. The molecule has 2 heterocycles. The smallest absolute Gasteiger partial charge is 0.410 e. The first-order valence-electron chi connectivity index (χ1n) is 10.4. The highest BCUT2D eigenvalue weighted by Crippen LogP contribution is 2.24. The Labute approximate surface area is 181 Å². The van der Waals surface area contributed by atoms with Gasteiger partial charge in [0.15, 0.2) is 0 Å². The number of benzene rings is 2. The highest BCUT2D eigenvalue weighted by Gasteiger charge is 2.23. The predicted octanol–water partition coefficient (Wildman–Crippen LogP) is 5.63. The Hall–Kier alpha value is -2.86. The van der Waals surface area contributed by atoms with E-state index >= 15 is 0 Å². The second-order valence-electron chi connectivity index (χ2n) is 7.48. The molecule has 1 amide bonds. The minimum atomic E-state index is -0.225. The van der Waals surface area contributed by atoms with Crippen LogP contribution in [0.3, 0.4) is 0 Å². The molecule has 0 atom stereocenters. The molecule has 0 saturated carbocycles. The lowest BCUT2D eigenvalue weighted by atomic mass is 9.94. The average Bonchev–Trinajstić information content (AvgIpc) is 3.33. The Morgan fingerprint density at radius 1 is 1.03 bits per heavy atom. The molecule has 0 N–H and O–H groups in total. The Kier molecular flexibility index (Phi) is 6.98. The molecule has 0 spiro atoms. The molecule has 30 heavy (non-hydrogen) atoms. The molecule has 2 aromatic carbocycles. The van der Waals surface area contributed by atoms with Gasteiger partial charge in [0.2, 0.25) is 0 Å². The summed E-state index contributed by atoms with van der Waals surface area (Å²) in [5, 5.41) is 0. The minimum Gasteiger partial charge on any atom is -0.494 e. The van der Waals surface area contributed by atoms with Crippen LogP contribution in [0.1, 0.15) is 24.1 Å². The SMILES string of the molecule is O=C(OCc1cncs1)N1CCC(CCOc2ccc(-c3ccccc3)cc2)CC1. The molecule has 0 radical (unpaired) electrons. The van der Waals surface area contributed by atoms with Crippen LogP contribution in [-0.4, -0.2) is 35.7 Å². The van der Waals surface area contributed by atoms with E-state index in [0.29, 0.717) is 19.1 Å². The zero-order valence-electron chi connectivity index (χ0n) is 16.9. The molecule has 156 valence electrons. The van der Waals surface area contributed by atoms with Crippen LogP contribution >= 0.6 is 11.3 Å². The zero-order chi connectivity index (χ0) is 20.6. The molecule has 6 heteroatoms. The van der Waals surface area contributed by atoms with E-state index in [9.17, 15) is 4.79 Å². The van der Waals surface area contributed by atoms with Crippen LogP contribution < -0.4 is 4.74 Å². The van der Waals surface area contributed by atoms with Crippen LogP contribution in [-0.2, 0) is 11.3 Å². The maximum atomic E-state index is 12.2. The third-order valence-corrected chi connectivity index (χ3v) is 6.20. The van der Waals surface area contributed by atoms with Crippen LogP contribution in [0.4, 0.5) is 4.79 Å². The van der Waals surface area contributed by atoms with Crippen LogP contribution in [0.15, 0.2) is 66.3 Å². The van der Waals surface area contributed by atoms with Crippen molar-refractivity contribution < 1.29 is 14.3 Å². The predicted molar refractivity (Wildman–Crippen MR) is 119 cm³/mol. The maximum Gasteiger partial charge on any atom is 0.410 e. The number of likely N-dealkylation sites (tertiary alicyclic amines) is 1. The fraction of sp³-hybridized carbons (Fsp3) is 0.333. The van der Waals surface area contributed by atoms with Crippen molar-refractivity contribution in [2.45, 2.75) is 25.9 Å². The standard InChI is InChI=1S/C24H26N2O3S/c27-24(29-17-23-16-25-18-30-23)26-13-10-19(11-14-26)12-15-28-22-8-6-21(7-9-22)20-4-2-1-3-5-20/h1-9,16,18-19H,10-15,17H2. The molecule has 0 aliphatic carbocycles. The molecule has 1 saturated heterocycles. The number of nitrogens with zero attached hydrogens (tertiary/aromatic N) is 2. The molecule has 4 rings (SSSR count). The summed E-state index contributed by atoms with van der Waals surface area (Å²) in [6, 6.07) is 18.6. The van der Waals surface area contributed by atoms with Crippen LogP contribution in [0.5, 0.6) is 5.75 Å². The van der Waals surface area contributed by atoms with Crippen molar-refractivity contribution in [2.24, 2.45) is 5.92 Å². The second kappa shape index (κ2) is 10.3. The molecule has 1 aromatic heterocycles. The van der Waals surface area contributed by atoms with Crippen LogP contribution in [0.25, 0.3) is 11.1 Å². The number of hydrogen-bond donors (Lipinski definition) is 0. The summed E-state index contributed by atoms with van der Waals surface area (Å²) < 4.78 is 11.3. The van der Waals surface area contributed by atoms with Gasteiger partial charge in [0.25, 0.3) is 0 Å². The topological polar surface area (TPSA) is 51.7 Å². The second-order valence-corrected chi connectivity index (χ2v) is 8.45. The number of aromatic nitrogens is 1. The first-order chi connectivity index (χ1) is 14.8. The number of ether oxygens (including phenoxy) is 2. The van der Waals surface area contributed by atoms with E-state index in [4.69, 9.17) is 9.47 Å². The van der Waals surface area contributed by atoms with Gasteiger partial charge in [0.05, 0.1) is 17.0 Å². The van der Waals surface area contributed by atoms with E-state index in [-0.39, 0.29) is 6.09 Å². The van der Waals surface area contributed by atoms with Crippen molar-refractivity contribution in [1.29, 1.82) is 0 Å². The lowest BCUT2D eigenvalue weighted by molar-refractivity contribution is 0.0807. The normalized spacial score (nSPS) is 14.5. The summed E-state index contributed by atoms with van der Waals surface area (Å²) in [6.45, 7) is 2.50. The lowest BCUT2D eigenvalue weighted by Crippen LogP contribution is -2.39. The van der Waals surface area contributed by atoms with E-state index in [1.165, 1.54) is 22.5 Å². The van der Waals surface area contributed by atoms with Crippen LogP contribution in [0, 0.1) is 5.92 Å². The van der Waals surface area contributed by atoms with Gasteiger partial charge in [-0.1, -0.05) is 42.5 Å². The summed E-state index contributed by atoms with van der Waals surface area (Å²) in [7, 11) is 0. The molecular formula is C24H26N2O3S. The van der Waals surface area contributed by atoms with Crippen molar-refractivity contribution >= 4 is 17.4 Å². The van der Waals surface area contributed by atoms with Gasteiger partial charge in [0.1, 0.15) is 12.4 Å². The first kappa shape index (κ1) is 20.4. The Morgan fingerprint density at radius 3 is 2.47 bits per heavy atom. The molecule has 0 bridgehead atoms. The fourth-order valence-corrected chi connectivity index (χ4v) is 4.17. The third-order valence-electron chi connectivity index (χ3n) is 5.45. The van der Waals surface area contributed by atoms with Crippen molar-refractivity contribution in [3.63, 3.8) is 0 Å². The Bertz CT molecular complexity index is 905. The Balaban J connectivity index is 1.15. The number of amides is 1. The van der Waals surface area contributed by atoms with E-state index in [1.807, 2.05) is 30.3 Å². The lowest BCUT2D eigenvalue weighted by Gasteiger charge is -2.31. The summed E-state index contributed by atoms with van der Waals surface area (Å²) in [6.07, 6.45) is 4.50.